The molecule has 0 aliphatic carbocycles. The lowest BCUT2D eigenvalue weighted by Crippen LogP contribution is -2.28. The van der Waals surface area contributed by atoms with Gasteiger partial charge in [0.05, 0.1) is 0 Å². The van der Waals surface area contributed by atoms with Gasteiger partial charge in [-0.15, -0.1) is 0 Å². The number of hydrogen-bond acceptors (Lipinski definition) is 1. The van der Waals surface area contributed by atoms with Crippen LogP contribution in [-0.2, 0) is 0 Å². The van der Waals surface area contributed by atoms with Crippen LogP contribution in [0.3, 0.4) is 0 Å². The Hall–Kier alpha value is -0.820. The van der Waals surface area contributed by atoms with Crippen molar-refractivity contribution in [3.8, 4) is 0 Å². The van der Waals surface area contributed by atoms with Gasteiger partial charge >= 0.3 is 0 Å². The molecule has 14 heavy (non-hydrogen) atoms. The van der Waals surface area contributed by atoms with Gasteiger partial charge in [-0.2, -0.15) is 0 Å². The molecule has 2 atom stereocenters. The van der Waals surface area contributed by atoms with Crippen molar-refractivity contribution >= 4 is 0 Å². The summed E-state index contributed by atoms with van der Waals surface area (Å²) in [6, 6.07) is 11.6. The van der Waals surface area contributed by atoms with E-state index in [-0.39, 0.29) is 0 Å². The molecule has 0 spiro atoms. The van der Waals surface area contributed by atoms with Gasteiger partial charge in [-0.3, -0.25) is 0 Å². The minimum atomic E-state index is 0.707. The standard InChI is InChI=1S/C13H19N/c1-2-12(13-9-6-10-14-13)11-7-4-3-5-8-11/h3-5,7-8,12-14H,2,6,9-10H2,1H3/t12-,13-/m1/s1. The summed E-state index contributed by atoms with van der Waals surface area (Å²) in [5.74, 6) is 0.707. The summed E-state index contributed by atoms with van der Waals surface area (Å²) in [5.41, 5.74) is 1.49. The second-order valence-electron chi connectivity index (χ2n) is 4.13. The van der Waals surface area contributed by atoms with Crippen molar-refractivity contribution in [2.45, 2.75) is 38.1 Å². The summed E-state index contributed by atoms with van der Waals surface area (Å²) >= 11 is 0. The van der Waals surface area contributed by atoms with E-state index >= 15 is 0 Å². The second-order valence-corrected chi connectivity index (χ2v) is 4.13. The number of benzene rings is 1. The molecule has 76 valence electrons. The Balaban J connectivity index is 2.12. The van der Waals surface area contributed by atoms with Crippen molar-refractivity contribution in [3.05, 3.63) is 35.9 Å². The van der Waals surface area contributed by atoms with Gasteiger partial charge in [0, 0.05) is 6.04 Å². The summed E-state index contributed by atoms with van der Waals surface area (Å²) in [4.78, 5) is 0. The Labute approximate surface area is 86.5 Å². The third-order valence-corrected chi connectivity index (χ3v) is 3.25. The predicted octanol–water partition coefficient (Wildman–Crippen LogP) is 2.93. The first-order valence-corrected chi connectivity index (χ1v) is 5.70. The third-order valence-electron chi connectivity index (χ3n) is 3.25. The maximum Gasteiger partial charge on any atom is 0.0136 e. The molecular weight excluding hydrogens is 170 g/mol. The monoisotopic (exact) mass is 189 g/mol. The molecule has 1 aliphatic heterocycles. The van der Waals surface area contributed by atoms with Gasteiger partial charge in [-0.1, -0.05) is 37.3 Å². The summed E-state index contributed by atoms with van der Waals surface area (Å²) in [6.07, 6.45) is 3.92. The maximum absolute atomic E-state index is 3.61. The third kappa shape index (κ3) is 1.98. The van der Waals surface area contributed by atoms with Crippen LogP contribution in [0.25, 0.3) is 0 Å². The van der Waals surface area contributed by atoms with Gasteiger partial charge in [0.2, 0.25) is 0 Å². The number of rotatable bonds is 3. The van der Waals surface area contributed by atoms with Crippen LogP contribution in [0.1, 0.15) is 37.7 Å². The van der Waals surface area contributed by atoms with Gasteiger partial charge in [0.15, 0.2) is 0 Å². The first-order valence-electron chi connectivity index (χ1n) is 5.70. The SMILES string of the molecule is CC[C@H](c1ccccc1)[C@H]1CCCN1. The highest BCUT2D eigenvalue weighted by atomic mass is 14.9. The van der Waals surface area contributed by atoms with Gasteiger partial charge < -0.3 is 5.32 Å². The molecular formula is C13H19N. The molecule has 1 aliphatic rings. The minimum Gasteiger partial charge on any atom is -0.313 e. The number of nitrogens with one attached hydrogen (secondary N) is 1. The van der Waals surface area contributed by atoms with Crippen LogP contribution in [0.4, 0.5) is 0 Å². The Morgan fingerprint density at radius 2 is 2.14 bits per heavy atom. The zero-order chi connectivity index (χ0) is 9.80. The van der Waals surface area contributed by atoms with Crippen molar-refractivity contribution in [3.63, 3.8) is 0 Å². The average molecular weight is 189 g/mol. The van der Waals surface area contributed by atoms with E-state index in [0.717, 1.165) is 0 Å². The molecule has 1 N–H and O–H groups in total. The van der Waals surface area contributed by atoms with E-state index < -0.39 is 0 Å². The highest BCUT2D eigenvalue weighted by Gasteiger charge is 2.23. The fraction of sp³-hybridized carbons (Fsp3) is 0.538. The first-order chi connectivity index (χ1) is 6.92. The van der Waals surface area contributed by atoms with E-state index in [2.05, 4.69) is 42.6 Å². The highest BCUT2D eigenvalue weighted by Crippen LogP contribution is 2.27. The summed E-state index contributed by atoms with van der Waals surface area (Å²) in [5, 5.41) is 3.61. The van der Waals surface area contributed by atoms with E-state index in [1.165, 1.54) is 31.4 Å². The highest BCUT2D eigenvalue weighted by molar-refractivity contribution is 5.21. The lowest BCUT2D eigenvalue weighted by Gasteiger charge is -2.22. The zero-order valence-corrected chi connectivity index (χ0v) is 8.87. The van der Waals surface area contributed by atoms with Gasteiger partial charge in [-0.05, 0) is 37.3 Å². The Kier molecular flexibility index (Phi) is 3.20. The van der Waals surface area contributed by atoms with Gasteiger partial charge in [0.1, 0.15) is 0 Å². The molecule has 1 aromatic rings. The molecule has 1 aromatic carbocycles. The fourth-order valence-corrected chi connectivity index (χ4v) is 2.51. The van der Waals surface area contributed by atoms with Crippen LogP contribution >= 0.6 is 0 Å². The molecule has 0 unspecified atom stereocenters. The first kappa shape index (κ1) is 9.72. The van der Waals surface area contributed by atoms with E-state index in [1.54, 1.807) is 0 Å². The van der Waals surface area contributed by atoms with Gasteiger partial charge in [-0.25, -0.2) is 0 Å². The van der Waals surface area contributed by atoms with Crippen LogP contribution in [0, 0.1) is 0 Å². The quantitative estimate of drug-likeness (QED) is 0.771. The number of hydrogen-bond donors (Lipinski definition) is 1. The van der Waals surface area contributed by atoms with Crippen molar-refractivity contribution in [1.29, 1.82) is 0 Å². The molecule has 1 heteroatoms. The smallest absolute Gasteiger partial charge is 0.0136 e. The van der Waals surface area contributed by atoms with Crippen LogP contribution < -0.4 is 5.32 Å². The van der Waals surface area contributed by atoms with Crippen molar-refractivity contribution in [2.75, 3.05) is 6.54 Å². The van der Waals surface area contributed by atoms with Crippen LogP contribution in [-0.4, -0.2) is 12.6 Å². The largest absolute Gasteiger partial charge is 0.313 e. The van der Waals surface area contributed by atoms with Crippen molar-refractivity contribution in [2.24, 2.45) is 0 Å². The second kappa shape index (κ2) is 4.61. The normalized spacial score (nSPS) is 23.6. The van der Waals surface area contributed by atoms with E-state index in [0.29, 0.717) is 12.0 Å². The van der Waals surface area contributed by atoms with Crippen molar-refractivity contribution < 1.29 is 0 Å². The van der Waals surface area contributed by atoms with E-state index in [9.17, 15) is 0 Å². The molecule has 2 rings (SSSR count). The Bertz CT molecular complexity index is 262. The minimum absolute atomic E-state index is 0.707. The Morgan fingerprint density at radius 1 is 1.36 bits per heavy atom. The lowest BCUT2D eigenvalue weighted by molar-refractivity contribution is 0.477. The molecule has 1 nitrogen and oxygen atoms in total. The predicted molar refractivity (Wildman–Crippen MR) is 60.5 cm³/mol. The Morgan fingerprint density at radius 3 is 2.71 bits per heavy atom. The average Bonchev–Trinajstić information content (AvgIpc) is 2.74. The van der Waals surface area contributed by atoms with Crippen LogP contribution in [0.2, 0.25) is 0 Å². The summed E-state index contributed by atoms with van der Waals surface area (Å²) < 4.78 is 0. The summed E-state index contributed by atoms with van der Waals surface area (Å²) in [6.45, 7) is 3.49. The molecule has 1 saturated heterocycles. The molecule has 0 saturated carbocycles. The molecule has 0 radical (unpaired) electrons. The fourth-order valence-electron chi connectivity index (χ4n) is 2.51. The molecule has 1 fully saturated rings. The zero-order valence-electron chi connectivity index (χ0n) is 8.87. The van der Waals surface area contributed by atoms with E-state index in [4.69, 9.17) is 0 Å². The van der Waals surface area contributed by atoms with Crippen LogP contribution in [0.15, 0.2) is 30.3 Å². The lowest BCUT2D eigenvalue weighted by atomic mass is 9.88. The van der Waals surface area contributed by atoms with E-state index in [1.807, 2.05) is 0 Å². The molecule has 0 amide bonds. The molecule has 0 aromatic heterocycles. The van der Waals surface area contributed by atoms with Gasteiger partial charge in [0.25, 0.3) is 0 Å². The van der Waals surface area contributed by atoms with Crippen LogP contribution in [0.5, 0.6) is 0 Å². The topological polar surface area (TPSA) is 12.0 Å². The summed E-state index contributed by atoms with van der Waals surface area (Å²) in [7, 11) is 0. The van der Waals surface area contributed by atoms with Crippen molar-refractivity contribution in [1.82, 2.24) is 5.32 Å². The molecule has 1 heterocycles. The maximum atomic E-state index is 3.61. The molecule has 0 bridgehead atoms.